The van der Waals surface area contributed by atoms with Gasteiger partial charge in [-0.3, -0.25) is 14.2 Å². The number of carbonyl (C=O) groups is 1. The van der Waals surface area contributed by atoms with E-state index >= 15 is 0 Å². The van der Waals surface area contributed by atoms with Crippen molar-refractivity contribution in [3.8, 4) is 11.8 Å². The van der Waals surface area contributed by atoms with E-state index in [1.165, 1.54) is 28.8 Å². The molecule has 172 valence electrons. The highest BCUT2D eigenvalue weighted by Crippen LogP contribution is 2.26. The minimum atomic E-state index is -0.410. The van der Waals surface area contributed by atoms with Crippen molar-refractivity contribution in [3.05, 3.63) is 101 Å². The summed E-state index contributed by atoms with van der Waals surface area (Å²) in [5.41, 5.74) is 2.16. The third-order valence-corrected chi connectivity index (χ3v) is 6.65. The number of nitriles is 1. The van der Waals surface area contributed by atoms with E-state index in [4.69, 9.17) is 5.26 Å². The lowest BCUT2D eigenvalue weighted by atomic mass is 10.1. The number of fused-ring (bicyclic) bond motifs is 2. The second kappa shape index (κ2) is 9.57. The maximum atomic E-state index is 13.5. The lowest BCUT2D eigenvalue weighted by Crippen LogP contribution is -2.22. The number of thioether (sulfide) groups is 1. The van der Waals surface area contributed by atoms with Crippen molar-refractivity contribution in [2.45, 2.75) is 18.1 Å². The van der Waals surface area contributed by atoms with E-state index in [1.54, 1.807) is 30.5 Å². The van der Waals surface area contributed by atoms with E-state index in [-0.39, 0.29) is 17.1 Å². The van der Waals surface area contributed by atoms with E-state index in [2.05, 4.69) is 11.1 Å². The Balaban J connectivity index is 1.53. The van der Waals surface area contributed by atoms with Crippen LogP contribution in [-0.2, 0) is 6.54 Å². The minimum absolute atomic E-state index is 0.0538. The Kier molecular flexibility index (Phi) is 6.17. The highest BCUT2D eigenvalue weighted by Gasteiger charge is 2.18. The molecule has 0 unspecified atom stereocenters. The summed E-state index contributed by atoms with van der Waals surface area (Å²) in [7, 11) is 0. The number of Topliss-reactive ketones (excluding diaryl/α,β-unsaturated/α-hetero) is 1. The van der Waals surface area contributed by atoms with Gasteiger partial charge in [0.05, 0.1) is 34.8 Å². The number of aromatic nitrogens is 3. The normalized spacial score (nSPS) is 11.1. The molecule has 3 aromatic carbocycles. The predicted octanol–water partition coefficient (Wildman–Crippen LogP) is 5.37. The number of aryl methyl sites for hydroxylation is 1. The van der Waals surface area contributed by atoms with E-state index in [1.807, 2.05) is 28.8 Å². The van der Waals surface area contributed by atoms with Gasteiger partial charge in [-0.2, -0.15) is 5.26 Å². The first kappa shape index (κ1) is 22.6. The Bertz CT molecular complexity index is 1670. The molecule has 5 aromatic rings. The summed E-state index contributed by atoms with van der Waals surface area (Å²) >= 11 is 1.16. The van der Waals surface area contributed by atoms with Gasteiger partial charge in [0.1, 0.15) is 5.82 Å². The Labute approximate surface area is 204 Å². The monoisotopic (exact) mass is 482 g/mol. The molecule has 2 aromatic heterocycles. The third-order valence-electron chi connectivity index (χ3n) is 5.72. The molecule has 0 atom stereocenters. The summed E-state index contributed by atoms with van der Waals surface area (Å²) in [5, 5.41) is 10.6. The second-order valence-corrected chi connectivity index (χ2v) is 8.84. The fourth-order valence-corrected chi connectivity index (χ4v) is 4.96. The first-order valence-electron chi connectivity index (χ1n) is 11.0. The Hall–Kier alpha value is -4.22. The quantitative estimate of drug-likeness (QED) is 0.177. The number of rotatable bonds is 7. The van der Waals surface area contributed by atoms with E-state index < -0.39 is 5.82 Å². The van der Waals surface area contributed by atoms with Crippen LogP contribution in [0.5, 0.6) is 0 Å². The molecule has 0 saturated carbocycles. The molecule has 0 bridgehead atoms. The molecule has 0 radical (unpaired) electrons. The molecule has 0 N–H and O–H groups in total. The maximum absolute atomic E-state index is 13.5. The van der Waals surface area contributed by atoms with Crippen LogP contribution in [0.3, 0.4) is 0 Å². The fourth-order valence-electron chi connectivity index (χ4n) is 4.06. The van der Waals surface area contributed by atoms with Gasteiger partial charge in [-0.25, -0.2) is 9.37 Å². The first-order chi connectivity index (χ1) is 17.1. The zero-order chi connectivity index (χ0) is 24.4. The number of para-hydroxylation sites is 2. The summed E-state index contributed by atoms with van der Waals surface area (Å²) in [6.07, 6.45) is 2.12. The van der Waals surface area contributed by atoms with Crippen LogP contribution in [0.2, 0.25) is 0 Å². The minimum Gasteiger partial charge on any atom is -0.346 e. The van der Waals surface area contributed by atoms with E-state index in [9.17, 15) is 14.0 Å². The van der Waals surface area contributed by atoms with Gasteiger partial charge in [-0.1, -0.05) is 42.1 Å². The summed E-state index contributed by atoms with van der Waals surface area (Å²) < 4.78 is 16.9. The van der Waals surface area contributed by atoms with Gasteiger partial charge < -0.3 is 4.57 Å². The van der Waals surface area contributed by atoms with Crippen molar-refractivity contribution in [2.24, 2.45) is 0 Å². The Morgan fingerprint density at radius 2 is 1.71 bits per heavy atom. The number of ketones is 1. The maximum Gasteiger partial charge on any atom is 0.266 e. The molecule has 0 aliphatic carbocycles. The van der Waals surface area contributed by atoms with Gasteiger partial charge in [0.2, 0.25) is 0 Å². The number of benzene rings is 3. The highest BCUT2D eigenvalue weighted by atomic mass is 32.2. The van der Waals surface area contributed by atoms with Crippen LogP contribution in [0.1, 0.15) is 16.8 Å². The number of hydrogen-bond donors (Lipinski definition) is 0. The number of halogens is 1. The van der Waals surface area contributed by atoms with Gasteiger partial charge in [-0.15, -0.1) is 0 Å². The molecule has 5 rings (SSSR count). The van der Waals surface area contributed by atoms with Gasteiger partial charge >= 0.3 is 0 Å². The highest BCUT2D eigenvalue weighted by molar-refractivity contribution is 7.99. The summed E-state index contributed by atoms with van der Waals surface area (Å²) in [5.74, 6) is -0.471. The van der Waals surface area contributed by atoms with Crippen LogP contribution in [0, 0.1) is 17.1 Å². The standard InChI is InChI=1S/C27H19FN4O2S/c28-18-10-12-19(13-11-18)32-26(34)21-7-1-3-8-23(21)30-27(32)35-17-25(33)22-16-31(15-5-14-29)24-9-4-2-6-20(22)24/h1-4,6-13,16H,5,15,17H2. The van der Waals surface area contributed by atoms with Crippen LogP contribution < -0.4 is 5.56 Å². The van der Waals surface area contributed by atoms with Crippen LogP contribution in [0.4, 0.5) is 4.39 Å². The van der Waals surface area contributed by atoms with Crippen molar-refractivity contribution in [3.63, 3.8) is 0 Å². The molecule has 0 aliphatic heterocycles. The van der Waals surface area contributed by atoms with Crippen molar-refractivity contribution >= 4 is 39.4 Å². The number of nitrogens with zero attached hydrogens (tertiary/aromatic N) is 4. The topological polar surface area (TPSA) is 80.7 Å². The summed E-state index contributed by atoms with van der Waals surface area (Å²) in [4.78, 5) is 31.3. The Morgan fingerprint density at radius 1 is 1.00 bits per heavy atom. The summed E-state index contributed by atoms with van der Waals surface area (Å²) in [6.45, 7) is 0.494. The molecule has 0 aliphatic rings. The van der Waals surface area contributed by atoms with Crippen LogP contribution in [0.15, 0.2) is 88.9 Å². The van der Waals surface area contributed by atoms with Gasteiger partial charge in [0.25, 0.3) is 5.56 Å². The van der Waals surface area contributed by atoms with Crippen LogP contribution >= 0.6 is 11.8 Å². The third kappa shape index (κ3) is 4.34. The summed E-state index contributed by atoms with van der Waals surface area (Å²) in [6, 6.07) is 22.3. The van der Waals surface area contributed by atoms with Gasteiger partial charge in [0.15, 0.2) is 10.9 Å². The van der Waals surface area contributed by atoms with Crippen molar-refractivity contribution in [1.29, 1.82) is 5.26 Å². The van der Waals surface area contributed by atoms with E-state index in [0.29, 0.717) is 40.3 Å². The number of carbonyl (C=O) groups excluding carboxylic acids is 1. The molecule has 0 spiro atoms. The van der Waals surface area contributed by atoms with Crippen LogP contribution in [0.25, 0.3) is 27.5 Å². The fraction of sp³-hybridized carbons (Fsp3) is 0.111. The van der Waals surface area contributed by atoms with Crippen molar-refractivity contribution < 1.29 is 9.18 Å². The largest absolute Gasteiger partial charge is 0.346 e. The predicted molar refractivity (Wildman–Crippen MR) is 135 cm³/mol. The first-order valence-corrected chi connectivity index (χ1v) is 11.9. The zero-order valence-corrected chi connectivity index (χ0v) is 19.3. The second-order valence-electron chi connectivity index (χ2n) is 7.90. The zero-order valence-electron chi connectivity index (χ0n) is 18.5. The van der Waals surface area contributed by atoms with E-state index in [0.717, 1.165) is 22.7 Å². The van der Waals surface area contributed by atoms with Crippen LogP contribution in [-0.4, -0.2) is 25.7 Å². The molecule has 0 amide bonds. The van der Waals surface area contributed by atoms with Gasteiger partial charge in [0, 0.05) is 29.2 Å². The Morgan fingerprint density at radius 3 is 2.49 bits per heavy atom. The number of hydrogen-bond acceptors (Lipinski definition) is 5. The molecule has 0 fully saturated rings. The average molecular weight is 483 g/mol. The average Bonchev–Trinajstić information content (AvgIpc) is 3.26. The molecule has 0 saturated heterocycles. The van der Waals surface area contributed by atoms with Crippen molar-refractivity contribution in [1.82, 2.24) is 14.1 Å². The molecular weight excluding hydrogens is 463 g/mol. The molecular formula is C27H19FN4O2S. The SMILES string of the molecule is N#CCCn1cc(C(=O)CSc2nc3ccccc3c(=O)n2-c2ccc(F)cc2)c2ccccc21. The lowest BCUT2D eigenvalue weighted by Gasteiger charge is -2.13. The molecule has 8 heteroatoms. The van der Waals surface area contributed by atoms with Crippen molar-refractivity contribution in [2.75, 3.05) is 5.75 Å². The molecule has 6 nitrogen and oxygen atoms in total. The molecule has 35 heavy (non-hydrogen) atoms. The molecule has 2 heterocycles. The van der Waals surface area contributed by atoms with Gasteiger partial charge in [-0.05, 0) is 42.5 Å². The lowest BCUT2D eigenvalue weighted by molar-refractivity contribution is 0.102. The smallest absolute Gasteiger partial charge is 0.266 e.